The lowest BCUT2D eigenvalue weighted by molar-refractivity contribution is 0.123. The summed E-state index contributed by atoms with van der Waals surface area (Å²) in [5, 5.41) is 3.38. The van der Waals surface area contributed by atoms with Gasteiger partial charge in [0.1, 0.15) is 5.82 Å². The SMILES string of the molecule is CCC(NCCOCCC(C)C)c1ccc(F)cn1. The van der Waals surface area contributed by atoms with Gasteiger partial charge >= 0.3 is 0 Å². The number of nitrogens with one attached hydrogen (secondary N) is 1. The maximum absolute atomic E-state index is 12.8. The first-order valence-electron chi connectivity index (χ1n) is 7.06. The van der Waals surface area contributed by atoms with Gasteiger partial charge in [-0.25, -0.2) is 4.39 Å². The van der Waals surface area contributed by atoms with Gasteiger partial charge in [0, 0.05) is 19.2 Å². The summed E-state index contributed by atoms with van der Waals surface area (Å²) in [5.41, 5.74) is 0.881. The van der Waals surface area contributed by atoms with Gasteiger partial charge in [0.2, 0.25) is 0 Å². The number of ether oxygens (including phenoxy) is 1. The van der Waals surface area contributed by atoms with Crippen molar-refractivity contribution in [3.05, 3.63) is 29.8 Å². The van der Waals surface area contributed by atoms with Crippen LogP contribution >= 0.6 is 0 Å². The summed E-state index contributed by atoms with van der Waals surface area (Å²) in [5.74, 6) is 0.385. The van der Waals surface area contributed by atoms with Gasteiger partial charge in [-0.3, -0.25) is 4.98 Å². The number of pyridine rings is 1. The van der Waals surface area contributed by atoms with Gasteiger partial charge in [-0.15, -0.1) is 0 Å². The van der Waals surface area contributed by atoms with E-state index in [9.17, 15) is 4.39 Å². The summed E-state index contributed by atoms with van der Waals surface area (Å²) in [6.45, 7) is 8.76. The molecule has 3 nitrogen and oxygen atoms in total. The van der Waals surface area contributed by atoms with Gasteiger partial charge in [0.05, 0.1) is 18.5 Å². The molecule has 0 spiro atoms. The molecule has 0 aromatic carbocycles. The summed E-state index contributed by atoms with van der Waals surface area (Å²) >= 11 is 0. The number of halogens is 1. The van der Waals surface area contributed by atoms with Crippen LogP contribution in [-0.2, 0) is 4.74 Å². The summed E-state index contributed by atoms with van der Waals surface area (Å²) in [6, 6.07) is 3.34. The van der Waals surface area contributed by atoms with Crippen molar-refractivity contribution in [3.63, 3.8) is 0 Å². The Kier molecular flexibility index (Phi) is 7.60. The normalized spacial score (nSPS) is 12.9. The summed E-state index contributed by atoms with van der Waals surface area (Å²) in [7, 11) is 0. The van der Waals surface area contributed by atoms with Crippen molar-refractivity contribution >= 4 is 0 Å². The van der Waals surface area contributed by atoms with Crippen LogP contribution in [-0.4, -0.2) is 24.7 Å². The predicted molar refractivity (Wildman–Crippen MR) is 75.5 cm³/mol. The molecule has 108 valence electrons. The zero-order chi connectivity index (χ0) is 14.1. The Balaban J connectivity index is 2.24. The fourth-order valence-corrected chi connectivity index (χ4v) is 1.78. The zero-order valence-electron chi connectivity index (χ0n) is 12.2. The molecule has 0 saturated carbocycles. The molecule has 0 aliphatic heterocycles. The van der Waals surface area contributed by atoms with Gasteiger partial charge in [0.15, 0.2) is 0 Å². The van der Waals surface area contributed by atoms with Crippen molar-refractivity contribution in [1.29, 1.82) is 0 Å². The maximum Gasteiger partial charge on any atom is 0.141 e. The van der Waals surface area contributed by atoms with Crippen LogP contribution in [0.5, 0.6) is 0 Å². The molecule has 0 saturated heterocycles. The molecule has 1 aromatic heterocycles. The molecule has 1 rings (SSSR count). The molecule has 0 fully saturated rings. The summed E-state index contributed by atoms with van der Waals surface area (Å²) in [6.07, 6.45) is 3.28. The number of nitrogens with zero attached hydrogens (tertiary/aromatic N) is 1. The van der Waals surface area contributed by atoms with Crippen molar-refractivity contribution in [2.75, 3.05) is 19.8 Å². The van der Waals surface area contributed by atoms with E-state index in [1.165, 1.54) is 12.3 Å². The largest absolute Gasteiger partial charge is 0.380 e. The number of rotatable bonds is 9. The topological polar surface area (TPSA) is 34.1 Å². The van der Waals surface area contributed by atoms with Gasteiger partial charge in [-0.2, -0.15) is 0 Å². The lowest BCUT2D eigenvalue weighted by Gasteiger charge is -2.16. The average Bonchev–Trinajstić information content (AvgIpc) is 2.39. The van der Waals surface area contributed by atoms with Crippen LogP contribution in [0.2, 0.25) is 0 Å². The maximum atomic E-state index is 12.8. The second-order valence-corrected chi connectivity index (χ2v) is 5.11. The molecular formula is C15H25FN2O. The van der Waals surface area contributed by atoms with Gasteiger partial charge in [-0.05, 0) is 30.9 Å². The van der Waals surface area contributed by atoms with E-state index in [0.29, 0.717) is 12.5 Å². The Labute approximate surface area is 115 Å². The van der Waals surface area contributed by atoms with E-state index in [0.717, 1.165) is 31.7 Å². The first-order chi connectivity index (χ1) is 9.13. The smallest absolute Gasteiger partial charge is 0.141 e. The van der Waals surface area contributed by atoms with E-state index < -0.39 is 0 Å². The third kappa shape index (κ3) is 6.64. The van der Waals surface area contributed by atoms with Crippen LogP contribution in [0.1, 0.15) is 45.3 Å². The molecule has 1 heterocycles. The highest BCUT2D eigenvalue weighted by atomic mass is 19.1. The minimum Gasteiger partial charge on any atom is -0.380 e. The van der Waals surface area contributed by atoms with Crippen LogP contribution in [0.3, 0.4) is 0 Å². The highest BCUT2D eigenvalue weighted by molar-refractivity contribution is 5.09. The van der Waals surface area contributed by atoms with Gasteiger partial charge in [0.25, 0.3) is 0 Å². The highest BCUT2D eigenvalue weighted by Crippen LogP contribution is 2.13. The molecular weight excluding hydrogens is 243 g/mol. The Morgan fingerprint density at radius 1 is 1.32 bits per heavy atom. The predicted octanol–water partition coefficient (Wildman–Crippen LogP) is 3.32. The minimum atomic E-state index is -0.296. The van der Waals surface area contributed by atoms with E-state index in [1.807, 2.05) is 0 Å². The lowest BCUT2D eigenvalue weighted by Crippen LogP contribution is -2.25. The molecule has 0 aliphatic carbocycles. The Hall–Kier alpha value is -1.00. The zero-order valence-corrected chi connectivity index (χ0v) is 12.2. The van der Waals surface area contributed by atoms with Crippen molar-refractivity contribution < 1.29 is 9.13 Å². The Morgan fingerprint density at radius 3 is 2.68 bits per heavy atom. The first kappa shape index (κ1) is 16.1. The van der Waals surface area contributed by atoms with Crippen molar-refractivity contribution in [2.24, 2.45) is 5.92 Å². The van der Waals surface area contributed by atoms with Gasteiger partial charge in [-0.1, -0.05) is 20.8 Å². The van der Waals surface area contributed by atoms with E-state index in [1.54, 1.807) is 6.07 Å². The first-order valence-corrected chi connectivity index (χ1v) is 7.06. The molecule has 1 aromatic rings. The van der Waals surface area contributed by atoms with Crippen LogP contribution in [0, 0.1) is 11.7 Å². The van der Waals surface area contributed by atoms with Crippen LogP contribution in [0.15, 0.2) is 18.3 Å². The molecule has 0 bridgehead atoms. The number of aromatic nitrogens is 1. The highest BCUT2D eigenvalue weighted by Gasteiger charge is 2.09. The molecule has 1 N–H and O–H groups in total. The molecule has 1 atom stereocenters. The second-order valence-electron chi connectivity index (χ2n) is 5.11. The second kappa shape index (κ2) is 8.99. The van der Waals surface area contributed by atoms with E-state index in [-0.39, 0.29) is 11.9 Å². The summed E-state index contributed by atoms with van der Waals surface area (Å²) < 4.78 is 18.4. The Bertz CT molecular complexity index is 341. The Morgan fingerprint density at radius 2 is 2.11 bits per heavy atom. The third-order valence-electron chi connectivity index (χ3n) is 2.99. The van der Waals surface area contributed by atoms with E-state index in [2.05, 4.69) is 31.1 Å². The van der Waals surface area contributed by atoms with Gasteiger partial charge < -0.3 is 10.1 Å². The van der Waals surface area contributed by atoms with Crippen LogP contribution < -0.4 is 5.32 Å². The molecule has 19 heavy (non-hydrogen) atoms. The fourth-order valence-electron chi connectivity index (χ4n) is 1.78. The lowest BCUT2D eigenvalue weighted by atomic mass is 10.1. The molecule has 4 heteroatoms. The molecule has 1 unspecified atom stereocenters. The third-order valence-corrected chi connectivity index (χ3v) is 2.99. The van der Waals surface area contributed by atoms with Crippen LogP contribution in [0.25, 0.3) is 0 Å². The fraction of sp³-hybridized carbons (Fsp3) is 0.667. The van der Waals surface area contributed by atoms with Crippen molar-refractivity contribution in [3.8, 4) is 0 Å². The quantitative estimate of drug-likeness (QED) is 0.698. The number of hydrogen-bond donors (Lipinski definition) is 1. The van der Waals surface area contributed by atoms with E-state index in [4.69, 9.17) is 4.74 Å². The standard InChI is InChI=1S/C15H25FN2O/c1-4-14(15-6-5-13(16)11-18-15)17-8-10-19-9-7-12(2)3/h5-6,11-12,14,17H,4,7-10H2,1-3H3. The average molecular weight is 268 g/mol. The van der Waals surface area contributed by atoms with Crippen LogP contribution in [0.4, 0.5) is 4.39 Å². The molecule has 0 amide bonds. The summed E-state index contributed by atoms with van der Waals surface area (Å²) in [4.78, 5) is 4.11. The number of hydrogen-bond acceptors (Lipinski definition) is 3. The van der Waals surface area contributed by atoms with Crippen molar-refractivity contribution in [2.45, 2.75) is 39.7 Å². The van der Waals surface area contributed by atoms with E-state index >= 15 is 0 Å². The molecule has 0 radical (unpaired) electrons. The minimum absolute atomic E-state index is 0.161. The van der Waals surface area contributed by atoms with Crippen molar-refractivity contribution in [1.82, 2.24) is 10.3 Å². The monoisotopic (exact) mass is 268 g/mol. The molecule has 0 aliphatic rings.